The standard InChI is InChI=1S/C12H14N4O3/c1-8-15-16-11(19-8)9-2-4-10(5-3-9)14-12(18)13-6-7-17/h2-5,17H,6-7H2,1H3,(H2,13,14,18). The van der Waals surface area contributed by atoms with Crippen molar-refractivity contribution in [2.75, 3.05) is 18.5 Å². The predicted molar refractivity (Wildman–Crippen MR) is 68.6 cm³/mol. The molecular formula is C12H14N4O3. The summed E-state index contributed by atoms with van der Waals surface area (Å²) in [5.41, 5.74) is 1.41. The second kappa shape index (κ2) is 5.96. The predicted octanol–water partition coefficient (Wildman–Crippen LogP) is 1.16. The van der Waals surface area contributed by atoms with Crippen molar-refractivity contribution in [2.45, 2.75) is 6.92 Å². The first-order valence-electron chi connectivity index (χ1n) is 5.75. The Balaban J connectivity index is 2.00. The van der Waals surface area contributed by atoms with E-state index in [9.17, 15) is 4.79 Å². The maximum absolute atomic E-state index is 11.4. The number of carbonyl (C=O) groups excluding carboxylic acids is 1. The van der Waals surface area contributed by atoms with Crippen LogP contribution in [0.5, 0.6) is 0 Å². The SMILES string of the molecule is Cc1nnc(-c2ccc(NC(=O)NCCO)cc2)o1. The highest BCUT2D eigenvalue weighted by molar-refractivity contribution is 5.89. The van der Waals surface area contributed by atoms with Gasteiger partial charge in [-0.3, -0.25) is 0 Å². The van der Waals surface area contributed by atoms with Crippen LogP contribution in [-0.4, -0.2) is 34.5 Å². The minimum absolute atomic E-state index is 0.0944. The summed E-state index contributed by atoms with van der Waals surface area (Å²) >= 11 is 0. The number of aromatic nitrogens is 2. The number of nitrogens with one attached hydrogen (secondary N) is 2. The number of carbonyl (C=O) groups is 1. The van der Waals surface area contributed by atoms with Crippen molar-refractivity contribution in [3.63, 3.8) is 0 Å². The van der Waals surface area contributed by atoms with E-state index in [1.165, 1.54) is 0 Å². The molecule has 1 aromatic carbocycles. The van der Waals surface area contributed by atoms with Crippen molar-refractivity contribution in [1.82, 2.24) is 15.5 Å². The van der Waals surface area contributed by atoms with Crippen LogP contribution in [-0.2, 0) is 0 Å². The number of aryl methyl sites for hydroxylation is 1. The van der Waals surface area contributed by atoms with Crippen LogP contribution in [0.1, 0.15) is 5.89 Å². The molecule has 1 heterocycles. The van der Waals surface area contributed by atoms with Crippen molar-refractivity contribution < 1.29 is 14.3 Å². The molecule has 2 amide bonds. The van der Waals surface area contributed by atoms with Crippen molar-refractivity contribution in [3.8, 4) is 11.5 Å². The molecule has 0 atom stereocenters. The van der Waals surface area contributed by atoms with Crippen LogP contribution in [0.25, 0.3) is 11.5 Å². The fraction of sp³-hybridized carbons (Fsp3) is 0.250. The number of hydrogen-bond donors (Lipinski definition) is 3. The maximum Gasteiger partial charge on any atom is 0.319 e. The molecule has 0 fully saturated rings. The van der Waals surface area contributed by atoms with Gasteiger partial charge in [0.05, 0.1) is 6.61 Å². The summed E-state index contributed by atoms with van der Waals surface area (Å²) in [7, 11) is 0. The fourth-order valence-corrected chi connectivity index (χ4v) is 1.45. The van der Waals surface area contributed by atoms with Gasteiger partial charge in [-0.25, -0.2) is 4.79 Å². The van der Waals surface area contributed by atoms with Gasteiger partial charge in [0.2, 0.25) is 11.8 Å². The second-order valence-electron chi connectivity index (χ2n) is 3.81. The van der Waals surface area contributed by atoms with E-state index in [0.29, 0.717) is 17.5 Å². The lowest BCUT2D eigenvalue weighted by Crippen LogP contribution is -2.30. The Morgan fingerprint density at radius 2 is 2.05 bits per heavy atom. The van der Waals surface area contributed by atoms with Crippen molar-refractivity contribution in [1.29, 1.82) is 0 Å². The van der Waals surface area contributed by atoms with Crippen LogP contribution < -0.4 is 10.6 Å². The fourth-order valence-electron chi connectivity index (χ4n) is 1.45. The average molecular weight is 262 g/mol. The van der Waals surface area contributed by atoms with Gasteiger partial charge >= 0.3 is 6.03 Å². The molecule has 0 aliphatic rings. The summed E-state index contributed by atoms with van der Waals surface area (Å²) in [5, 5.41) is 21.4. The van der Waals surface area contributed by atoms with Gasteiger partial charge in [-0.1, -0.05) is 0 Å². The van der Waals surface area contributed by atoms with Crippen LogP contribution >= 0.6 is 0 Å². The first-order valence-corrected chi connectivity index (χ1v) is 5.75. The quantitative estimate of drug-likeness (QED) is 0.767. The molecule has 2 aromatic rings. The van der Waals surface area contributed by atoms with Crippen LogP contribution in [0.3, 0.4) is 0 Å². The van der Waals surface area contributed by atoms with Crippen molar-refractivity contribution in [2.24, 2.45) is 0 Å². The summed E-state index contributed by atoms with van der Waals surface area (Å²) in [6.45, 7) is 1.84. The third kappa shape index (κ3) is 3.52. The van der Waals surface area contributed by atoms with E-state index in [1.54, 1.807) is 31.2 Å². The van der Waals surface area contributed by atoms with Gasteiger partial charge in [-0.05, 0) is 24.3 Å². The number of amides is 2. The van der Waals surface area contributed by atoms with Gasteiger partial charge in [-0.2, -0.15) is 0 Å². The number of urea groups is 1. The van der Waals surface area contributed by atoms with E-state index in [0.717, 1.165) is 5.56 Å². The first kappa shape index (κ1) is 13.0. The minimum Gasteiger partial charge on any atom is -0.421 e. The highest BCUT2D eigenvalue weighted by atomic mass is 16.4. The Kier molecular flexibility index (Phi) is 4.09. The smallest absolute Gasteiger partial charge is 0.319 e. The molecule has 0 bridgehead atoms. The molecule has 2 rings (SSSR count). The summed E-state index contributed by atoms with van der Waals surface area (Å²) in [5.74, 6) is 0.939. The van der Waals surface area contributed by atoms with Crippen LogP contribution in [0.4, 0.5) is 10.5 Å². The number of aliphatic hydroxyl groups is 1. The lowest BCUT2D eigenvalue weighted by molar-refractivity contribution is 0.245. The number of anilines is 1. The van der Waals surface area contributed by atoms with E-state index < -0.39 is 0 Å². The zero-order valence-electron chi connectivity index (χ0n) is 10.4. The van der Waals surface area contributed by atoms with E-state index in [1.807, 2.05) is 0 Å². The number of nitrogens with zero attached hydrogens (tertiary/aromatic N) is 2. The van der Waals surface area contributed by atoms with Gasteiger partial charge in [0.15, 0.2) is 0 Å². The van der Waals surface area contributed by atoms with Crippen molar-refractivity contribution in [3.05, 3.63) is 30.2 Å². The topological polar surface area (TPSA) is 100 Å². The van der Waals surface area contributed by atoms with Gasteiger partial charge in [0, 0.05) is 24.7 Å². The molecule has 7 heteroatoms. The Morgan fingerprint density at radius 3 is 2.63 bits per heavy atom. The first-order chi connectivity index (χ1) is 9.19. The van der Waals surface area contributed by atoms with Gasteiger partial charge < -0.3 is 20.2 Å². The Labute approximate surface area is 109 Å². The maximum atomic E-state index is 11.4. The second-order valence-corrected chi connectivity index (χ2v) is 3.81. The van der Waals surface area contributed by atoms with Gasteiger partial charge in [0.25, 0.3) is 0 Å². The highest BCUT2D eigenvalue weighted by Gasteiger charge is 2.06. The van der Waals surface area contributed by atoms with E-state index in [2.05, 4.69) is 20.8 Å². The summed E-state index contributed by atoms with van der Waals surface area (Å²) in [6, 6.07) is 6.64. The molecule has 3 N–H and O–H groups in total. The summed E-state index contributed by atoms with van der Waals surface area (Å²) in [4.78, 5) is 11.4. The zero-order valence-corrected chi connectivity index (χ0v) is 10.4. The lowest BCUT2D eigenvalue weighted by Gasteiger charge is -2.06. The molecular weight excluding hydrogens is 248 g/mol. The van der Waals surface area contributed by atoms with E-state index in [4.69, 9.17) is 9.52 Å². The van der Waals surface area contributed by atoms with Gasteiger partial charge in [0.1, 0.15) is 0 Å². The average Bonchev–Trinajstić information content (AvgIpc) is 2.84. The molecule has 1 aromatic heterocycles. The molecule has 100 valence electrons. The molecule has 0 saturated heterocycles. The summed E-state index contributed by atoms with van der Waals surface area (Å²) in [6.07, 6.45) is 0. The summed E-state index contributed by atoms with van der Waals surface area (Å²) < 4.78 is 5.29. The Morgan fingerprint density at radius 1 is 1.32 bits per heavy atom. The third-order valence-electron chi connectivity index (χ3n) is 2.31. The normalized spacial score (nSPS) is 10.2. The van der Waals surface area contributed by atoms with Crippen LogP contribution in [0, 0.1) is 6.92 Å². The van der Waals surface area contributed by atoms with E-state index in [-0.39, 0.29) is 19.2 Å². The molecule has 0 spiro atoms. The number of aliphatic hydroxyl groups excluding tert-OH is 1. The largest absolute Gasteiger partial charge is 0.421 e. The number of hydrogen-bond acceptors (Lipinski definition) is 5. The van der Waals surface area contributed by atoms with Gasteiger partial charge in [-0.15, -0.1) is 10.2 Å². The molecule has 19 heavy (non-hydrogen) atoms. The van der Waals surface area contributed by atoms with Crippen LogP contribution in [0.15, 0.2) is 28.7 Å². The van der Waals surface area contributed by atoms with E-state index >= 15 is 0 Å². The Bertz CT molecular complexity index is 550. The minimum atomic E-state index is -0.365. The lowest BCUT2D eigenvalue weighted by atomic mass is 10.2. The molecule has 7 nitrogen and oxygen atoms in total. The monoisotopic (exact) mass is 262 g/mol. The zero-order chi connectivity index (χ0) is 13.7. The number of rotatable bonds is 4. The molecule has 0 unspecified atom stereocenters. The molecule has 0 radical (unpaired) electrons. The highest BCUT2D eigenvalue weighted by Crippen LogP contribution is 2.19. The van der Waals surface area contributed by atoms with Crippen LogP contribution in [0.2, 0.25) is 0 Å². The molecule has 0 aliphatic carbocycles. The third-order valence-corrected chi connectivity index (χ3v) is 2.31. The van der Waals surface area contributed by atoms with Crippen molar-refractivity contribution >= 4 is 11.7 Å². The Hall–Kier alpha value is -2.41. The molecule has 0 saturated carbocycles. The number of benzene rings is 1. The molecule has 0 aliphatic heterocycles.